The van der Waals surface area contributed by atoms with E-state index >= 15 is 0 Å². The highest BCUT2D eigenvalue weighted by Crippen LogP contribution is 2.31. The highest BCUT2D eigenvalue weighted by Gasteiger charge is 2.38. The van der Waals surface area contributed by atoms with Crippen LogP contribution in [0.5, 0.6) is 5.75 Å². The van der Waals surface area contributed by atoms with E-state index < -0.39 is 35.9 Å². The van der Waals surface area contributed by atoms with Crippen LogP contribution in [0.2, 0.25) is 0 Å². The lowest BCUT2D eigenvalue weighted by Gasteiger charge is -2.27. The van der Waals surface area contributed by atoms with E-state index in [-0.39, 0.29) is 22.4 Å². The number of rotatable bonds is 9. The SMILES string of the molecule is CC(=O)Oc1ccccc1C(=O)C(OC(=O)c1ccccc1)C(OC(=O)c1ccccc1)c1ccccc1. The van der Waals surface area contributed by atoms with Gasteiger partial charge >= 0.3 is 17.9 Å². The summed E-state index contributed by atoms with van der Waals surface area (Å²) < 4.78 is 16.8. The van der Waals surface area contributed by atoms with Crippen LogP contribution in [0.25, 0.3) is 0 Å². The van der Waals surface area contributed by atoms with Crippen LogP contribution in [-0.2, 0) is 14.3 Å². The highest BCUT2D eigenvalue weighted by atomic mass is 16.6. The number of hydrogen-bond donors (Lipinski definition) is 0. The molecule has 7 nitrogen and oxygen atoms in total. The van der Waals surface area contributed by atoms with Crippen molar-refractivity contribution in [2.24, 2.45) is 0 Å². The third-order valence-electron chi connectivity index (χ3n) is 5.55. The molecule has 0 amide bonds. The number of carbonyl (C=O) groups excluding carboxylic acids is 4. The summed E-state index contributed by atoms with van der Waals surface area (Å²) in [5, 5.41) is 0. The average Bonchev–Trinajstić information content (AvgIpc) is 2.95. The third-order valence-corrected chi connectivity index (χ3v) is 5.55. The van der Waals surface area contributed by atoms with Crippen LogP contribution in [0.4, 0.5) is 0 Å². The fourth-order valence-electron chi connectivity index (χ4n) is 3.78. The number of esters is 3. The van der Waals surface area contributed by atoms with Gasteiger partial charge in [-0.05, 0) is 42.0 Å². The largest absolute Gasteiger partial charge is 0.449 e. The zero-order chi connectivity index (χ0) is 26.9. The van der Waals surface area contributed by atoms with E-state index in [1.165, 1.54) is 19.1 Å². The van der Waals surface area contributed by atoms with Crippen molar-refractivity contribution >= 4 is 23.7 Å². The van der Waals surface area contributed by atoms with Crippen molar-refractivity contribution in [3.05, 3.63) is 138 Å². The Hall–Kier alpha value is -5.04. The van der Waals surface area contributed by atoms with E-state index in [2.05, 4.69) is 0 Å². The molecule has 38 heavy (non-hydrogen) atoms. The van der Waals surface area contributed by atoms with Gasteiger partial charge in [0.1, 0.15) is 5.75 Å². The van der Waals surface area contributed by atoms with Crippen LogP contribution < -0.4 is 4.74 Å². The summed E-state index contributed by atoms with van der Waals surface area (Å²) in [6.45, 7) is 1.21. The molecule has 0 saturated carbocycles. The first-order valence-electron chi connectivity index (χ1n) is 11.8. The normalized spacial score (nSPS) is 12.0. The van der Waals surface area contributed by atoms with Gasteiger partial charge in [0.15, 0.2) is 6.10 Å². The zero-order valence-electron chi connectivity index (χ0n) is 20.5. The number of hydrogen-bond acceptors (Lipinski definition) is 7. The van der Waals surface area contributed by atoms with Crippen LogP contribution in [0.3, 0.4) is 0 Å². The zero-order valence-corrected chi connectivity index (χ0v) is 20.5. The first kappa shape index (κ1) is 26.0. The second kappa shape index (κ2) is 12.3. The summed E-state index contributed by atoms with van der Waals surface area (Å²) in [5.74, 6) is -2.84. The minimum absolute atomic E-state index is 0.00745. The predicted octanol–water partition coefficient (Wildman–Crippen LogP) is 5.62. The molecular weight excluding hydrogens is 484 g/mol. The van der Waals surface area contributed by atoms with Crippen LogP contribution in [0.15, 0.2) is 115 Å². The Kier molecular flexibility index (Phi) is 8.41. The van der Waals surface area contributed by atoms with Crippen molar-refractivity contribution in [3.63, 3.8) is 0 Å². The van der Waals surface area contributed by atoms with Gasteiger partial charge in [0, 0.05) is 6.92 Å². The standard InChI is InChI=1S/C31H24O7/c1-21(32)36-26-20-12-11-19-25(26)27(33)29(38-31(35)24-17-9-4-10-18-24)28(22-13-5-2-6-14-22)37-30(34)23-15-7-3-8-16-23/h2-20,28-29H,1H3. The second-order valence-electron chi connectivity index (χ2n) is 8.25. The van der Waals surface area contributed by atoms with E-state index in [0.717, 1.165) is 0 Å². The van der Waals surface area contributed by atoms with Gasteiger partial charge in [-0.3, -0.25) is 9.59 Å². The molecule has 4 aromatic rings. The Labute approximate surface area is 219 Å². The first-order chi connectivity index (χ1) is 18.4. The first-order valence-corrected chi connectivity index (χ1v) is 11.8. The number of Topliss-reactive ketones (excluding diaryl/α,β-unsaturated/α-hetero) is 1. The number of ketones is 1. The molecule has 0 heterocycles. The highest BCUT2D eigenvalue weighted by molar-refractivity contribution is 6.04. The summed E-state index contributed by atoms with van der Waals surface area (Å²) in [6, 6.07) is 31.0. The molecule has 0 aliphatic heterocycles. The van der Waals surface area contributed by atoms with Crippen molar-refractivity contribution in [1.29, 1.82) is 0 Å². The number of benzene rings is 4. The Morgan fingerprint density at radius 3 is 1.61 bits per heavy atom. The van der Waals surface area contributed by atoms with Gasteiger partial charge in [-0.1, -0.05) is 78.9 Å². The fraction of sp³-hybridized carbons (Fsp3) is 0.0968. The Balaban J connectivity index is 1.79. The minimum Gasteiger partial charge on any atom is -0.449 e. The van der Waals surface area contributed by atoms with E-state index in [0.29, 0.717) is 5.56 Å². The molecule has 2 atom stereocenters. The van der Waals surface area contributed by atoms with Gasteiger partial charge in [-0.2, -0.15) is 0 Å². The summed E-state index contributed by atoms with van der Waals surface area (Å²) in [7, 11) is 0. The molecule has 0 aliphatic rings. The molecule has 0 spiro atoms. The van der Waals surface area contributed by atoms with Gasteiger partial charge in [-0.15, -0.1) is 0 Å². The lowest BCUT2D eigenvalue weighted by atomic mass is 9.96. The number of para-hydroxylation sites is 1. The van der Waals surface area contributed by atoms with Crippen LogP contribution >= 0.6 is 0 Å². The van der Waals surface area contributed by atoms with Crippen LogP contribution in [-0.4, -0.2) is 29.8 Å². The van der Waals surface area contributed by atoms with Crippen molar-refractivity contribution < 1.29 is 33.4 Å². The molecule has 0 saturated heterocycles. The van der Waals surface area contributed by atoms with Crippen molar-refractivity contribution in [2.75, 3.05) is 0 Å². The van der Waals surface area contributed by atoms with Crippen molar-refractivity contribution in [1.82, 2.24) is 0 Å². The molecule has 0 N–H and O–H groups in total. The molecule has 4 aromatic carbocycles. The number of carbonyl (C=O) groups is 4. The van der Waals surface area contributed by atoms with Gasteiger partial charge in [-0.25, -0.2) is 9.59 Å². The maximum Gasteiger partial charge on any atom is 0.339 e. The van der Waals surface area contributed by atoms with Gasteiger partial charge in [0.05, 0.1) is 16.7 Å². The minimum atomic E-state index is -1.60. The van der Waals surface area contributed by atoms with Crippen LogP contribution in [0.1, 0.15) is 49.7 Å². The molecule has 0 fully saturated rings. The third kappa shape index (κ3) is 6.39. The van der Waals surface area contributed by atoms with E-state index in [9.17, 15) is 19.2 Å². The molecule has 7 heteroatoms. The monoisotopic (exact) mass is 508 g/mol. The molecular formula is C31H24O7. The smallest absolute Gasteiger partial charge is 0.339 e. The Morgan fingerprint density at radius 1 is 0.579 bits per heavy atom. The van der Waals surface area contributed by atoms with Gasteiger partial charge in [0.25, 0.3) is 0 Å². The van der Waals surface area contributed by atoms with Crippen LogP contribution in [0, 0.1) is 0 Å². The van der Waals surface area contributed by atoms with Crippen molar-refractivity contribution in [2.45, 2.75) is 19.1 Å². The molecule has 0 aromatic heterocycles. The fourth-order valence-corrected chi connectivity index (χ4v) is 3.78. The van der Waals surface area contributed by atoms with Gasteiger partial charge in [0.2, 0.25) is 11.9 Å². The summed E-state index contributed by atoms with van der Waals surface area (Å²) in [5.41, 5.74) is 0.889. The molecule has 0 aliphatic carbocycles. The lowest BCUT2D eigenvalue weighted by molar-refractivity contribution is -0.131. The van der Waals surface area contributed by atoms with E-state index in [1.807, 2.05) is 0 Å². The Bertz CT molecular complexity index is 1420. The molecule has 0 radical (unpaired) electrons. The molecule has 0 bridgehead atoms. The molecule has 190 valence electrons. The summed E-state index contributed by atoms with van der Waals surface area (Å²) >= 11 is 0. The second-order valence-corrected chi connectivity index (χ2v) is 8.25. The molecule has 4 rings (SSSR count). The summed E-state index contributed by atoms with van der Waals surface area (Å²) in [4.78, 5) is 51.9. The maximum absolute atomic E-state index is 14.0. The number of ether oxygens (including phenoxy) is 3. The van der Waals surface area contributed by atoms with E-state index in [1.54, 1.807) is 103 Å². The van der Waals surface area contributed by atoms with Crippen molar-refractivity contribution in [3.8, 4) is 5.75 Å². The quantitative estimate of drug-likeness (QED) is 0.165. The lowest BCUT2D eigenvalue weighted by Crippen LogP contribution is -2.36. The average molecular weight is 509 g/mol. The maximum atomic E-state index is 14.0. The van der Waals surface area contributed by atoms with E-state index in [4.69, 9.17) is 14.2 Å². The van der Waals surface area contributed by atoms with Gasteiger partial charge < -0.3 is 14.2 Å². The predicted molar refractivity (Wildman–Crippen MR) is 139 cm³/mol. The Morgan fingerprint density at radius 2 is 1.05 bits per heavy atom. The topological polar surface area (TPSA) is 96.0 Å². The summed E-state index contributed by atoms with van der Waals surface area (Å²) in [6.07, 6.45) is -2.91. The molecule has 2 unspecified atom stereocenters.